The van der Waals surface area contributed by atoms with Crippen LogP contribution in [0.15, 0.2) is 11.1 Å². The molecule has 0 aromatic rings. The molecule has 0 aromatic carbocycles. The summed E-state index contributed by atoms with van der Waals surface area (Å²) in [5, 5.41) is 31.4. The van der Waals surface area contributed by atoms with E-state index in [0.717, 1.165) is 19.3 Å². The van der Waals surface area contributed by atoms with Crippen LogP contribution < -0.4 is 0 Å². The van der Waals surface area contributed by atoms with Crippen molar-refractivity contribution in [1.82, 2.24) is 0 Å². The highest BCUT2D eigenvalue weighted by Crippen LogP contribution is 2.72. The first-order valence-electron chi connectivity index (χ1n) is 13.9. The van der Waals surface area contributed by atoms with Crippen molar-refractivity contribution >= 4 is 0 Å². The van der Waals surface area contributed by atoms with Gasteiger partial charge in [-0.2, -0.15) is 0 Å². The van der Waals surface area contributed by atoms with Gasteiger partial charge in [-0.3, -0.25) is 0 Å². The Kier molecular flexibility index (Phi) is 6.28. The third kappa shape index (κ3) is 3.70. The molecule has 0 aliphatic heterocycles. The lowest BCUT2D eigenvalue weighted by Crippen LogP contribution is -2.55. The Morgan fingerprint density at radius 1 is 0.909 bits per heavy atom. The molecule has 4 aliphatic carbocycles. The van der Waals surface area contributed by atoms with E-state index in [0.29, 0.717) is 29.6 Å². The fourth-order valence-electron chi connectivity index (χ4n) is 9.60. The van der Waals surface area contributed by atoms with Gasteiger partial charge in [-0.05, 0) is 117 Å². The molecule has 0 heterocycles. The Hall–Kier alpha value is -0.380. The predicted octanol–water partition coefficient (Wildman–Crippen LogP) is 6.64. The van der Waals surface area contributed by atoms with Crippen molar-refractivity contribution < 1.29 is 15.3 Å². The van der Waals surface area contributed by atoms with Gasteiger partial charge in [-0.25, -0.2) is 0 Å². The van der Waals surface area contributed by atoms with Crippen LogP contribution in [0.1, 0.15) is 120 Å². The van der Waals surface area contributed by atoms with E-state index in [9.17, 15) is 15.3 Å². The summed E-state index contributed by atoms with van der Waals surface area (Å²) in [6, 6.07) is 0. The largest absolute Gasteiger partial charge is 0.393 e. The zero-order chi connectivity index (χ0) is 24.6. The maximum atomic E-state index is 10.8. The maximum Gasteiger partial charge on any atom is 0.0849 e. The molecule has 190 valence electrons. The molecule has 0 unspecified atom stereocenters. The molecule has 2 fully saturated rings. The van der Waals surface area contributed by atoms with Crippen LogP contribution in [-0.2, 0) is 0 Å². The topological polar surface area (TPSA) is 60.7 Å². The minimum atomic E-state index is -1.02. The van der Waals surface area contributed by atoms with Crippen molar-refractivity contribution in [2.75, 3.05) is 0 Å². The fraction of sp³-hybridized carbons (Fsp3) is 0.933. The lowest BCUT2D eigenvalue weighted by molar-refractivity contribution is -0.0964. The highest BCUT2D eigenvalue weighted by atomic mass is 16.3. The monoisotopic (exact) mass is 460 g/mol. The third-order valence-corrected chi connectivity index (χ3v) is 12.2. The van der Waals surface area contributed by atoms with Gasteiger partial charge in [0.25, 0.3) is 0 Å². The van der Waals surface area contributed by atoms with Gasteiger partial charge in [0.2, 0.25) is 0 Å². The number of fused-ring (bicyclic) bond motifs is 4. The second kappa shape index (κ2) is 8.07. The van der Waals surface area contributed by atoms with Crippen molar-refractivity contribution in [1.29, 1.82) is 0 Å². The Labute approximate surface area is 203 Å². The van der Waals surface area contributed by atoms with Crippen LogP contribution in [0.2, 0.25) is 0 Å². The summed E-state index contributed by atoms with van der Waals surface area (Å²) < 4.78 is 0. The smallest absolute Gasteiger partial charge is 0.0849 e. The molecule has 8 atom stereocenters. The van der Waals surface area contributed by atoms with Crippen molar-refractivity contribution in [3.63, 3.8) is 0 Å². The zero-order valence-electron chi connectivity index (χ0n) is 22.8. The summed E-state index contributed by atoms with van der Waals surface area (Å²) >= 11 is 0. The lowest BCUT2D eigenvalue weighted by Gasteiger charge is -2.62. The Morgan fingerprint density at radius 3 is 2.21 bits per heavy atom. The van der Waals surface area contributed by atoms with Crippen LogP contribution in [0, 0.1) is 39.4 Å². The van der Waals surface area contributed by atoms with E-state index in [4.69, 9.17) is 0 Å². The quantitative estimate of drug-likeness (QED) is 0.403. The Morgan fingerprint density at radius 2 is 1.58 bits per heavy atom. The summed E-state index contributed by atoms with van der Waals surface area (Å²) in [5.74, 6) is 1.83. The number of rotatable bonds is 5. The van der Waals surface area contributed by atoms with Crippen LogP contribution in [-0.4, -0.2) is 33.1 Å². The minimum absolute atomic E-state index is 0.00122. The molecular weight excluding hydrogens is 408 g/mol. The molecule has 0 amide bonds. The average molecular weight is 461 g/mol. The molecule has 4 rings (SSSR count). The van der Waals surface area contributed by atoms with Crippen LogP contribution in [0.5, 0.6) is 0 Å². The predicted molar refractivity (Wildman–Crippen MR) is 136 cm³/mol. The number of aliphatic hydroxyl groups excluding tert-OH is 2. The van der Waals surface area contributed by atoms with Gasteiger partial charge >= 0.3 is 0 Å². The maximum absolute atomic E-state index is 10.8. The van der Waals surface area contributed by atoms with Crippen LogP contribution in [0.25, 0.3) is 0 Å². The average Bonchev–Trinajstić information content (AvgIpc) is 3.00. The van der Waals surface area contributed by atoms with E-state index in [1.165, 1.54) is 38.5 Å². The number of hydrogen-bond donors (Lipinski definition) is 3. The first-order valence-corrected chi connectivity index (χ1v) is 13.9. The van der Waals surface area contributed by atoms with Crippen LogP contribution >= 0.6 is 0 Å². The van der Waals surface area contributed by atoms with E-state index < -0.39 is 11.7 Å². The molecule has 0 aromatic heterocycles. The molecule has 4 aliphatic rings. The fourth-order valence-corrected chi connectivity index (χ4v) is 9.60. The van der Waals surface area contributed by atoms with E-state index >= 15 is 0 Å². The van der Waals surface area contributed by atoms with Crippen molar-refractivity contribution in [3.05, 3.63) is 11.1 Å². The molecule has 3 heteroatoms. The number of hydrogen-bond acceptors (Lipinski definition) is 3. The second-order valence-corrected chi connectivity index (χ2v) is 14.5. The summed E-state index contributed by atoms with van der Waals surface area (Å²) in [5.41, 5.74) is 3.41. The molecule has 0 bridgehead atoms. The number of aliphatic hydroxyl groups is 3. The van der Waals surface area contributed by atoms with Crippen molar-refractivity contribution in [3.8, 4) is 0 Å². The Bertz CT molecular complexity index is 791. The Balaban J connectivity index is 1.60. The molecule has 3 N–H and O–H groups in total. The van der Waals surface area contributed by atoms with Gasteiger partial charge in [0, 0.05) is 0 Å². The van der Waals surface area contributed by atoms with Gasteiger partial charge in [0.1, 0.15) is 0 Å². The van der Waals surface area contributed by atoms with E-state index in [1.807, 2.05) is 0 Å². The standard InChI is InChI=1S/C30H52O3/c1-19(9-12-25(32)27(4,5)33)20-13-17-30(8)22-10-11-23-26(2,3)24(31)15-16-28(23,6)21(22)14-18-29(20,30)7/h19-20,23-25,31-33H,9-18H2,1-8H3/t19-,20-,23+,24+,25-,28-,29-,30+/m1/s1. The van der Waals surface area contributed by atoms with E-state index in [-0.39, 0.29) is 22.3 Å². The SMILES string of the molecule is C[C@H](CC[C@@H](O)C(C)(C)O)[C@H]1CC[C@@]2(C)C3=C(CC[C@]12C)[C@@]1(C)CC[C@H](O)C(C)(C)[C@@H]1CC3. The molecular formula is C30H52O3. The minimum Gasteiger partial charge on any atom is -0.393 e. The molecule has 0 saturated heterocycles. The highest BCUT2D eigenvalue weighted by Gasteiger charge is 2.63. The van der Waals surface area contributed by atoms with E-state index in [2.05, 4.69) is 41.5 Å². The van der Waals surface area contributed by atoms with Crippen LogP contribution in [0.4, 0.5) is 0 Å². The van der Waals surface area contributed by atoms with Gasteiger partial charge in [-0.15, -0.1) is 0 Å². The summed E-state index contributed by atoms with van der Waals surface area (Å²) in [7, 11) is 0. The van der Waals surface area contributed by atoms with Gasteiger partial charge in [0.15, 0.2) is 0 Å². The third-order valence-electron chi connectivity index (χ3n) is 12.2. The summed E-state index contributed by atoms with van der Waals surface area (Å²) in [6.07, 6.45) is 10.5. The molecule has 0 spiro atoms. The molecule has 3 nitrogen and oxygen atoms in total. The first kappa shape index (κ1) is 25.7. The van der Waals surface area contributed by atoms with Crippen molar-refractivity contribution in [2.24, 2.45) is 39.4 Å². The van der Waals surface area contributed by atoms with Gasteiger partial charge in [-0.1, -0.05) is 52.7 Å². The van der Waals surface area contributed by atoms with Gasteiger partial charge in [0.05, 0.1) is 17.8 Å². The van der Waals surface area contributed by atoms with Gasteiger partial charge < -0.3 is 15.3 Å². The number of allylic oxidation sites excluding steroid dienone is 2. The second-order valence-electron chi connectivity index (χ2n) is 14.5. The normalized spacial score (nSPS) is 44.6. The van der Waals surface area contributed by atoms with Crippen molar-refractivity contribution in [2.45, 2.75) is 137 Å². The summed E-state index contributed by atoms with van der Waals surface area (Å²) in [6.45, 7) is 18.2. The van der Waals surface area contributed by atoms with E-state index in [1.54, 1.807) is 25.0 Å². The summed E-state index contributed by atoms with van der Waals surface area (Å²) in [4.78, 5) is 0. The molecule has 0 radical (unpaired) electrons. The van der Waals surface area contributed by atoms with Crippen LogP contribution in [0.3, 0.4) is 0 Å². The molecule has 33 heavy (non-hydrogen) atoms. The zero-order valence-corrected chi connectivity index (χ0v) is 22.8. The highest BCUT2D eigenvalue weighted by molar-refractivity contribution is 5.38. The molecule has 2 saturated carbocycles. The first-order chi connectivity index (χ1) is 15.1. The lowest BCUT2D eigenvalue weighted by atomic mass is 9.43.